The number of carbonyl (C=O) groups excluding carboxylic acids is 1. The molecule has 1 aromatic rings. The normalized spacial score (nSPS) is 10.9. The molecule has 1 rings (SSSR count). The maximum atomic E-state index is 12.1. The van der Waals surface area contributed by atoms with E-state index in [9.17, 15) is 22.8 Å². The standard InChI is InChI=1S/C10H10F3N3O3/c1-16(5-10(11,12)13)9(19)15-6-3-2-4-14-7(6)8(17)18/h2-4H,5H2,1H3,(H,15,19)(H,17,18). The molecule has 19 heavy (non-hydrogen) atoms. The summed E-state index contributed by atoms with van der Waals surface area (Å²) in [5.41, 5.74) is -0.620. The number of carboxylic acid groups (broad SMARTS) is 1. The topological polar surface area (TPSA) is 82.5 Å². The SMILES string of the molecule is CN(CC(F)(F)F)C(=O)Nc1cccnc1C(=O)O. The molecule has 0 radical (unpaired) electrons. The van der Waals surface area contributed by atoms with Gasteiger partial charge in [-0.2, -0.15) is 13.2 Å². The van der Waals surface area contributed by atoms with Crippen LogP contribution in [0, 0.1) is 0 Å². The summed E-state index contributed by atoms with van der Waals surface area (Å²) in [6, 6.07) is 1.51. The monoisotopic (exact) mass is 277 g/mol. The van der Waals surface area contributed by atoms with Gasteiger partial charge in [0.25, 0.3) is 0 Å². The smallest absolute Gasteiger partial charge is 0.406 e. The van der Waals surface area contributed by atoms with Crippen LogP contribution in [0.1, 0.15) is 10.5 Å². The number of rotatable bonds is 3. The molecule has 0 atom stereocenters. The van der Waals surface area contributed by atoms with Crippen molar-refractivity contribution >= 4 is 17.7 Å². The first-order valence-corrected chi connectivity index (χ1v) is 4.98. The second-order valence-corrected chi connectivity index (χ2v) is 3.61. The van der Waals surface area contributed by atoms with Crippen molar-refractivity contribution in [2.45, 2.75) is 6.18 Å². The van der Waals surface area contributed by atoms with Gasteiger partial charge in [-0.3, -0.25) is 0 Å². The lowest BCUT2D eigenvalue weighted by molar-refractivity contribution is -0.137. The fraction of sp³-hybridized carbons (Fsp3) is 0.300. The summed E-state index contributed by atoms with van der Waals surface area (Å²) in [6.07, 6.45) is -3.34. The highest BCUT2D eigenvalue weighted by molar-refractivity contribution is 5.98. The Morgan fingerprint density at radius 3 is 2.63 bits per heavy atom. The molecule has 1 aromatic heterocycles. The van der Waals surface area contributed by atoms with E-state index in [1.165, 1.54) is 18.3 Å². The average molecular weight is 277 g/mol. The van der Waals surface area contributed by atoms with Crippen molar-refractivity contribution in [1.29, 1.82) is 0 Å². The minimum atomic E-state index is -4.53. The molecular formula is C10H10F3N3O3. The van der Waals surface area contributed by atoms with E-state index in [0.717, 1.165) is 7.05 Å². The number of carbonyl (C=O) groups is 2. The van der Waals surface area contributed by atoms with E-state index in [0.29, 0.717) is 4.90 Å². The number of hydrogen-bond donors (Lipinski definition) is 2. The van der Waals surface area contributed by atoms with Crippen LogP contribution in [0.2, 0.25) is 0 Å². The van der Waals surface area contributed by atoms with Gasteiger partial charge in [0.1, 0.15) is 6.54 Å². The molecule has 0 aromatic carbocycles. The quantitative estimate of drug-likeness (QED) is 0.882. The molecule has 1 heterocycles. The van der Waals surface area contributed by atoms with E-state index in [-0.39, 0.29) is 5.69 Å². The van der Waals surface area contributed by atoms with Crippen LogP contribution < -0.4 is 5.32 Å². The Balaban J connectivity index is 2.80. The Kier molecular flexibility index (Phi) is 4.30. The Bertz CT molecular complexity index is 490. The number of alkyl halides is 3. The Hall–Kier alpha value is -2.32. The Morgan fingerprint density at radius 1 is 1.47 bits per heavy atom. The first-order valence-electron chi connectivity index (χ1n) is 4.98. The number of hydrogen-bond acceptors (Lipinski definition) is 3. The first-order chi connectivity index (χ1) is 8.70. The van der Waals surface area contributed by atoms with Crippen LogP contribution in [0.15, 0.2) is 18.3 Å². The molecule has 2 amide bonds. The highest BCUT2D eigenvalue weighted by Gasteiger charge is 2.31. The number of aromatic nitrogens is 1. The van der Waals surface area contributed by atoms with Crippen LogP contribution in [-0.2, 0) is 0 Å². The average Bonchev–Trinajstić information content (AvgIpc) is 2.27. The molecule has 6 nitrogen and oxygen atoms in total. The van der Waals surface area contributed by atoms with E-state index in [2.05, 4.69) is 10.3 Å². The van der Waals surface area contributed by atoms with Crippen LogP contribution in [0.4, 0.5) is 23.7 Å². The van der Waals surface area contributed by atoms with Gasteiger partial charge in [-0.1, -0.05) is 0 Å². The van der Waals surface area contributed by atoms with Gasteiger partial charge in [-0.15, -0.1) is 0 Å². The van der Waals surface area contributed by atoms with Crippen LogP contribution >= 0.6 is 0 Å². The van der Waals surface area contributed by atoms with Gasteiger partial charge in [0.05, 0.1) is 5.69 Å². The van der Waals surface area contributed by atoms with E-state index in [1.807, 2.05) is 0 Å². The number of urea groups is 1. The number of amides is 2. The van der Waals surface area contributed by atoms with E-state index >= 15 is 0 Å². The summed E-state index contributed by atoms with van der Waals surface area (Å²) >= 11 is 0. The molecule has 0 unspecified atom stereocenters. The van der Waals surface area contributed by atoms with Gasteiger partial charge in [-0.05, 0) is 12.1 Å². The molecule has 9 heteroatoms. The van der Waals surface area contributed by atoms with Gasteiger partial charge >= 0.3 is 18.2 Å². The largest absolute Gasteiger partial charge is 0.476 e. The molecule has 0 aliphatic heterocycles. The molecule has 0 fully saturated rings. The lowest BCUT2D eigenvalue weighted by atomic mass is 10.3. The van der Waals surface area contributed by atoms with Crippen LogP contribution in [0.5, 0.6) is 0 Å². The molecule has 104 valence electrons. The zero-order valence-corrected chi connectivity index (χ0v) is 9.73. The maximum absolute atomic E-state index is 12.1. The van der Waals surface area contributed by atoms with Crippen molar-refractivity contribution in [3.8, 4) is 0 Å². The molecule has 0 aliphatic carbocycles. The number of aromatic carboxylic acids is 1. The molecule has 0 saturated carbocycles. The van der Waals surface area contributed by atoms with Crippen molar-refractivity contribution in [2.75, 3.05) is 18.9 Å². The Labute approximate surface area is 105 Å². The third-order valence-corrected chi connectivity index (χ3v) is 2.02. The second-order valence-electron chi connectivity index (χ2n) is 3.61. The molecule has 0 spiro atoms. The predicted molar refractivity (Wildman–Crippen MR) is 58.9 cm³/mol. The van der Waals surface area contributed by atoms with Crippen molar-refractivity contribution < 1.29 is 27.9 Å². The molecule has 0 saturated heterocycles. The lowest BCUT2D eigenvalue weighted by Gasteiger charge is -2.19. The number of nitrogens with one attached hydrogen (secondary N) is 1. The predicted octanol–water partition coefficient (Wildman–Crippen LogP) is 1.81. The maximum Gasteiger partial charge on any atom is 0.406 e. The lowest BCUT2D eigenvalue weighted by Crippen LogP contribution is -2.38. The third-order valence-electron chi connectivity index (χ3n) is 2.02. The summed E-state index contributed by atoms with van der Waals surface area (Å²) in [7, 11) is 0.944. The van der Waals surface area contributed by atoms with Crippen LogP contribution in [0.3, 0.4) is 0 Å². The summed E-state index contributed by atoms with van der Waals surface area (Å²) in [5, 5.41) is 10.9. The fourth-order valence-electron chi connectivity index (χ4n) is 1.23. The van der Waals surface area contributed by atoms with Crippen molar-refractivity contribution in [2.24, 2.45) is 0 Å². The molecule has 0 bridgehead atoms. The molecule has 0 aliphatic rings. The number of nitrogens with zero attached hydrogens (tertiary/aromatic N) is 2. The summed E-state index contributed by atoms with van der Waals surface area (Å²) < 4.78 is 36.3. The van der Waals surface area contributed by atoms with Gasteiger partial charge in [0.15, 0.2) is 5.69 Å². The van der Waals surface area contributed by atoms with Crippen molar-refractivity contribution in [3.63, 3.8) is 0 Å². The zero-order valence-electron chi connectivity index (χ0n) is 9.73. The van der Waals surface area contributed by atoms with Crippen LogP contribution in [0.25, 0.3) is 0 Å². The first kappa shape index (κ1) is 14.7. The summed E-state index contributed by atoms with van der Waals surface area (Å²) in [4.78, 5) is 26.2. The highest BCUT2D eigenvalue weighted by Crippen LogP contribution is 2.17. The number of pyridine rings is 1. The van der Waals surface area contributed by atoms with Crippen molar-refractivity contribution in [3.05, 3.63) is 24.0 Å². The van der Waals surface area contributed by atoms with Crippen LogP contribution in [-0.4, -0.2) is 46.8 Å². The number of anilines is 1. The van der Waals surface area contributed by atoms with Gasteiger partial charge < -0.3 is 15.3 Å². The van der Waals surface area contributed by atoms with Crippen molar-refractivity contribution in [1.82, 2.24) is 9.88 Å². The Morgan fingerprint density at radius 2 is 2.11 bits per heavy atom. The second kappa shape index (κ2) is 5.55. The fourth-order valence-corrected chi connectivity index (χ4v) is 1.23. The number of carboxylic acids is 1. The minimum absolute atomic E-state index is 0.172. The number of halogens is 3. The third kappa shape index (κ3) is 4.45. The highest BCUT2D eigenvalue weighted by atomic mass is 19.4. The minimum Gasteiger partial charge on any atom is -0.476 e. The van der Waals surface area contributed by atoms with Gasteiger partial charge in [-0.25, -0.2) is 14.6 Å². The van der Waals surface area contributed by atoms with Gasteiger partial charge in [0, 0.05) is 13.2 Å². The van der Waals surface area contributed by atoms with Gasteiger partial charge in [0.2, 0.25) is 0 Å². The van der Waals surface area contributed by atoms with E-state index < -0.39 is 30.4 Å². The summed E-state index contributed by atoms with van der Waals surface area (Å²) in [5.74, 6) is -1.39. The summed E-state index contributed by atoms with van der Waals surface area (Å²) in [6.45, 7) is -1.44. The molecule has 2 N–H and O–H groups in total. The van der Waals surface area contributed by atoms with E-state index in [4.69, 9.17) is 5.11 Å². The molecular weight excluding hydrogens is 267 g/mol. The van der Waals surface area contributed by atoms with E-state index in [1.54, 1.807) is 0 Å². The zero-order chi connectivity index (χ0) is 14.6.